The van der Waals surface area contributed by atoms with E-state index in [4.69, 9.17) is 9.47 Å². The first-order valence-electron chi connectivity index (χ1n) is 16.1. The van der Waals surface area contributed by atoms with Crippen LogP contribution in [0.4, 0.5) is 4.79 Å². The first kappa shape index (κ1) is 31.9. The number of nitrogens with one attached hydrogen (secondary N) is 2. The Bertz CT molecular complexity index is 1350. The van der Waals surface area contributed by atoms with E-state index in [2.05, 4.69) is 77.6 Å². The molecule has 0 bridgehead atoms. The number of aliphatic hydroxyl groups is 1. The van der Waals surface area contributed by atoms with Crippen molar-refractivity contribution in [1.29, 1.82) is 0 Å². The van der Waals surface area contributed by atoms with Gasteiger partial charge in [-0.1, -0.05) is 92.6 Å². The molecule has 44 heavy (non-hydrogen) atoms. The van der Waals surface area contributed by atoms with Gasteiger partial charge in [-0.3, -0.25) is 4.90 Å². The minimum absolute atomic E-state index is 0.0214. The molecule has 1 saturated carbocycles. The van der Waals surface area contributed by atoms with Crippen LogP contribution in [-0.4, -0.2) is 47.8 Å². The van der Waals surface area contributed by atoms with E-state index in [9.17, 15) is 9.90 Å². The van der Waals surface area contributed by atoms with Crippen molar-refractivity contribution < 1.29 is 19.4 Å². The lowest BCUT2D eigenvalue weighted by atomic mass is 9.89. The van der Waals surface area contributed by atoms with Gasteiger partial charge in [0.2, 0.25) is 0 Å². The van der Waals surface area contributed by atoms with Gasteiger partial charge in [0.15, 0.2) is 6.29 Å². The first-order valence-corrected chi connectivity index (χ1v) is 16.1. The number of benzene rings is 3. The van der Waals surface area contributed by atoms with Gasteiger partial charge in [-0.25, -0.2) is 4.79 Å². The Morgan fingerprint density at radius 1 is 0.955 bits per heavy atom. The lowest BCUT2D eigenvalue weighted by molar-refractivity contribution is -0.276. The molecule has 1 saturated heterocycles. The summed E-state index contributed by atoms with van der Waals surface area (Å²) in [5.74, 6) is 0.134. The summed E-state index contributed by atoms with van der Waals surface area (Å²) in [4.78, 5) is 14.4. The van der Waals surface area contributed by atoms with E-state index in [1.165, 1.54) is 25.7 Å². The number of hydrogen-bond donors (Lipinski definition) is 3. The maximum atomic E-state index is 11.8. The van der Waals surface area contributed by atoms with E-state index in [0.29, 0.717) is 19.1 Å². The van der Waals surface area contributed by atoms with Crippen molar-refractivity contribution in [3.8, 4) is 11.1 Å². The summed E-state index contributed by atoms with van der Waals surface area (Å²) in [5, 5.41) is 15.2. The molecule has 0 spiro atoms. The van der Waals surface area contributed by atoms with Crippen molar-refractivity contribution in [1.82, 2.24) is 15.5 Å². The Balaban J connectivity index is 1.36. The first-order chi connectivity index (χ1) is 21.5. The van der Waals surface area contributed by atoms with E-state index in [1.54, 1.807) is 0 Å². The molecule has 3 N–H and O–H groups in total. The molecule has 7 heteroatoms. The lowest BCUT2D eigenvalue weighted by Crippen LogP contribution is -2.47. The summed E-state index contributed by atoms with van der Waals surface area (Å²) in [7, 11) is 0. The van der Waals surface area contributed by atoms with Crippen molar-refractivity contribution in [3.05, 3.63) is 108 Å². The van der Waals surface area contributed by atoms with Gasteiger partial charge in [-0.2, -0.15) is 0 Å². The van der Waals surface area contributed by atoms with Crippen LogP contribution < -0.4 is 10.6 Å². The minimum atomic E-state index is -0.505. The van der Waals surface area contributed by atoms with Gasteiger partial charge in [-0.15, -0.1) is 6.58 Å². The number of amides is 2. The molecule has 4 atom stereocenters. The molecule has 1 aliphatic carbocycles. The molecule has 2 aliphatic rings. The maximum absolute atomic E-state index is 11.8. The summed E-state index contributed by atoms with van der Waals surface area (Å²) < 4.78 is 13.5. The fourth-order valence-electron chi connectivity index (χ4n) is 6.47. The third kappa shape index (κ3) is 7.96. The molecule has 2 fully saturated rings. The average Bonchev–Trinajstić information content (AvgIpc) is 3.60. The molecule has 1 heterocycles. The Labute approximate surface area is 262 Å². The van der Waals surface area contributed by atoms with E-state index in [0.717, 1.165) is 46.5 Å². The predicted octanol–water partition coefficient (Wildman–Crippen LogP) is 6.89. The molecule has 1 aliphatic heterocycles. The van der Waals surface area contributed by atoms with E-state index >= 15 is 0 Å². The molecular weight excluding hydrogens is 550 g/mol. The SMILES string of the molecule is C=CCN(C[C@@H]1O[C@H](c2ccc(-c3cccc(CNC(=O)NCC)c3)cc2)O[C@H](c2ccc(CO)cc2)[C@@H]1C)C1CCCC1. The standard InChI is InChI=1S/C37H47N3O4/c1-4-21-40(33-11-6-7-12-33)24-34-26(3)35(30-15-13-27(25-41)14-16-30)44-36(43-34)31-19-17-29(18-20-31)32-10-8-9-28(22-32)23-39-37(42)38-5-2/h4,8-10,13-20,22,26,33-36,41H,1,5-7,11-12,21,23-25H2,2-3H3,(H2,38,39,42)/t26-,34+,35+,36+/m1/s1. The van der Waals surface area contributed by atoms with Gasteiger partial charge in [0.1, 0.15) is 0 Å². The number of ether oxygens (including phenoxy) is 2. The largest absolute Gasteiger partial charge is 0.392 e. The van der Waals surface area contributed by atoms with Crippen molar-refractivity contribution >= 4 is 6.03 Å². The number of hydrogen-bond acceptors (Lipinski definition) is 5. The minimum Gasteiger partial charge on any atom is -0.392 e. The fourth-order valence-corrected chi connectivity index (χ4v) is 6.47. The van der Waals surface area contributed by atoms with Crippen LogP contribution in [0.3, 0.4) is 0 Å². The zero-order chi connectivity index (χ0) is 30.9. The van der Waals surface area contributed by atoms with Crippen LogP contribution in [0.25, 0.3) is 11.1 Å². The lowest BCUT2D eigenvalue weighted by Gasteiger charge is -2.43. The number of rotatable bonds is 12. The number of nitrogens with zero attached hydrogens (tertiary/aromatic N) is 1. The zero-order valence-corrected chi connectivity index (χ0v) is 26.1. The molecule has 3 aromatic rings. The number of urea groups is 1. The molecule has 0 unspecified atom stereocenters. The predicted molar refractivity (Wildman–Crippen MR) is 175 cm³/mol. The second kappa shape index (κ2) is 15.5. The summed E-state index contributed by atoms with van der Waals surface area (Å²) in [6, 6.07) is 25.1. The van der Waals surface area contributed by atoms with E-state index in [-0.39, 0.29) is 30.8 Å². The van der Waals surface area contributed by atoms with Crippen LogP contribution in [0.2, 0.25) is 0 Å². The second-order valence-corrected chi connectivity index (χ2v) is 12.0. The zero-order valence-electron chi connectivity index (χ0n) is 26.1. The second-order valence-electron chi connectivity index (χ2n) is 12.0. The number of carbonyl (C=O) groups excluding carboxylic acids is 1. The topological polar surface area (TPSA) is 83.1 Å². The molecule has 0 radical (unpaired) electrons. The van der Waals surface area contributed by atoms with E-state index in [1.807, 2.05) is 37.3 Å². The highest BCUT2D eigenvalue weighted by Crippen LogP contribution is 2.42. The van der Waals surface area contributed by atoms with E-state index < -0.39 is 6.29 Å². The van der Waals surface area contributed by atoms with Crippen LogP contribution in [0.15, 0.2) is 85.5 Å². The smallest absolute Gasteiger partial charge is 0.315 e. The molecule has 2 amide bonds. The fraction of sp³-hybridized carbons (Fsp3) is 0.432. The monoisotopic (exact) mass is 597 g/mol. The average molecular weight is 598 g/mol. The quantitative estimate of drug-likeness (QED) is 0.198. The van der Waals surface area contributed by atoms with Crippen molar-refractivity contribution in [2.45, 2.75) is 77.2 Å². The van der Waals surface area contributed by atoms with Crippen molar-refractivity contribution in [2.24, 2.45) is 5.92 Å². The van der Waals surface area contributed by atoms with Crippen molar-refractivity contribution in [2.75, 3.05) is 19.6 Å². The third-order valence-corrected chi connectivity index (χ3v) is 8.98. The van der Waals surface area contributed by atoms with Crippen LogP contribution in [0, 0.1) is 5.92 Å². The van der Waals surface area contributed by atoms with Gasteiger partial charge in [0.25, 0.3) is 0 Å². The van der Waals surface area contributed by atoms with Gasteiger partial charge in [-0.05, 0) is 53.6 Å². The van der Waals surface area contributed by atoms with Crippen LogP contribution in [-0.2, 0) is 22.6 Å². The maximum Gasteiger partial charge on any atom is 0.315 e. The van der Waals surface area contributed by atoms with Crippen molar-refractivity contribution in [3.63, 3.8) is 0 Å². The van der Waals surface area contributed by atoms with Gasteiger partial charge >= 0.3 is 6.03 Å². The Hall–Kier alpha value is -3.49. The molecule has 7 nitrogen and oxygen atoms in total. The third-order valence-electron chi connectivity index (χ3n) is 8.98. The summed E-state index contributed by atoms with van der Waals surface area (Å²) in [6.45, 7) is 10.9. The Morgan fingerprint density at radius 3 is 2.36 bits per heavy atom. The Morgan fingerprint density at radius 2 is 1.68 bits per heavy atom. The molecule has 234 valence electrons. The summed E-state index contributed by atoms with van der Waals surface area (Å²) in [6.07, 6.45) is 6.36. The highest BCUT2D eigenvalue weighted by atomic mass is 16.7. The Kier molecular flexibility index (Phi) is 11.2. The van der Waals surface area contributed by atoms with Crippen LogP contribution in [0.1, 0.15) is 74.2 Å². The number of carbonyl (C=O) groups is 1. The highest BCUT2D eigenvalue weighted by Gasteiger charge is 2.40. The van der Waals surface area contributed by atoms with Crippen LogP contribution in [0.5, 0.6) is 0 Å². The number of aliphatic hydroxyl groups excluding tert-OH is 1. The van der Waals surface area contributed by atoms with Gasteiger partial charge in [0.05, 0.1) is 18.8 Å². The summed E-state index contributed by atoms with van der Waals surface area (Å²) >= 11 is 0. The van der Waals surface area contributed by atoms with Gasteiger partial charge in [0, 0.05) is 43.7 Å². The molecular formula is C37H47N3O4. The van der Waals surface area contributed by atoms with Crippen LogP contribution >= 0.6 is 0 Å². The highest BCUT2D eigenvalue weighted by molar-refractivity contribution is 5.73. The molecule has 3 aromatic carbocycles. The molecule has 0 aromatic heterocycles. The molecule has 5 rings (SSSR count). The summed E-state index contributed by atoms with van der Waals surface area (Å²) in [5.41, 5.74) is 6.17. The normalized spacial score (nSPS) is 22.2. The van der Waals surface area contributed by atoms with Gasteiger partial charge < -0.3 is 25.2 Å².